The predicted molar refractivity (Wildman–Crippen MR) is 96.4 cm³/mol. The minimum absolute atomic E-state index is 0.0664. The smallest absolute Gasteiger partial charge is 0.387 e. The van der Waals surface area contributed by atoms with Crippen molar-refractivity contribution < 1.29 is 27.8 Å². The Labute approximate surface area is 158 Å². The molecule has 1 heterocycles. The zero-order valence-corrected chi connectivity index (χ0v) is 14.7. The monoisotopic (exact) mass is 388 g/mol. The molecule has 4 nitrogen and oxygen atoms in total. The number of benzene rings is 2. The Morgan fingerprint density at radius 3 is 2.33 bits per heavy atom. The molecular weight excluding hydrogens is 374 g/mol. The average molecular weight is 388 g/mol. The van der Waals surface area contributed by atoms with Crippen LogP contribution in [-0.4, -0.2) is 18.4 Å². The Hall–Kier alpha value is -3.06. The van der Waals surface area contributed by atoms with Gasteiger partial charge in [0, 0.05) is 11.1 Å². The van der Waals surface area contributed by atoms with Gasteiger partial charge in [-0.05, 0) is 23.6 Å². The lowest BCUT2D eigenvalue weighted by molar-refractivity contribution is -0.0510. The van der Waals surface area contributed by atoms with Crippen molar-refractivity contribution >= 4 is 23.1 Å². The maximum absolute atomic E-state index is 12.6. The molecule has 0 saturated carbocycles. The summed E-state index contributed by atoms with van der Waals surface area (Å²) < 4.78 is 34.6. The van der Waals surface area contributed by atoms with E-state index < -0.39 is 12.6 Å². The molecular formula is C20H14F2O4S. The molecule has 0 N–H and O–H groups in total. The number of ether oxygens (including phenoxy) is 2. The number of para-hydroxylation sites is 1. The Morgan fingerprint density at radius 1 is 0.926 bits per heavy atom. The predicted octanol–water partition coefficient (Wildman–Crippen LogP) is 4.94. The second-order valence-electron chi connectivity index (χ2n) is 5.41. The fraction of sp³-hybridized carbons (Fsp3) is 0.100. The van der Waals surface area contributed by atoms with Gasteiger partial charge >= 0.3 is 12.6 Å². The van der Waals surface area contributed by atoms with Crippen LogP contribution in [0.15, 0.2) is 66.0 Å². The van der Waals surface area contributed by atoms with Crippen molar-refractivity contribution in [2.45, 2.75) is 13.2 Å². The number of carbonyl (C=O) groups is 2. The Kier molecular flexibility index (Phi) is 5.93. The number of esters is 1. The second-order valence-corrected chi connectivity index (χ2v) is 6.36. The summed E-state index contributed by atoms with van der Waals surface area (Å²) in [5.74, 6) is -1.07. The van der Waals surface area contributed by atoms with Crippen molar-refractivity contribution in [3.8, 4) is 5.75 Å². The summed E-state index contributed by atoms with van der Waals surface area (Å²) in [5, 5.41) is 1.77. The highest BCUT2D eigenvalue weighted by molar-refractivity contribution is 7.12. The maximum atomic E-state index is 12.6. The first-order valence-corrected chi connectivity index (χ1v) is 8.81. The minimum Gasteiger partial charge on any atom is -0.457 e. The van der Waals surface area contributed by atoms with Gasteiger partial charge in [0.05, 0.1) is 10.4 Å². The van der Waals surface area contributed by atoms with E-state index in [-0.39, 0.29) is 29.3 Å². The lowest BCUT2D eigenvalue weighted by atomic mass is 10.0. The molecule has 0 aliphatic carbocycles. The molecule has 0 unspecified atom stereocenters. The molecule has 0 aliphatic rings. The first-order valence-electron chi connectivity index (χ1n) is 7.93. The quantitative estimate of drug-likeness (QED) is 0.425. The summed E-state index contributed by atoms with van der Waals surface area (Å²) in [6.07, 6.45) is 0. The second kappa shape index (κ2) is 8.55. The van der Waals surface area contributed by atoms with Crippen molar-refractivity contribution in [3.05, 3.63) is 87.6 Å². The minimum atomic E-state index is -2.98. The maximum Gasteiger partial charge on any atom is 0.387 e. The summed E-state index contributed by atoms with van der Waals surface area (Å²) in [5.41, 5.74) is 0.637. The van der Waals surface area contributed by atoms with E-state index >= 15 is 0 Å². The topological polar surface area (TPSA) is 52.6 Å². The van der Waals surface area contributed by atoms with E-state index in [0.717, 1.165) is 0 Å². The fourth-order valence-electron chi connectivity index (χ4n) is 2.45. The van der Waals surface area contributed by atoms with Gasteiger partial charge in [-0.3, -0.25) is 4.79 Å². The molecule has 0 spiro atoms. The van der Waals surface area contributed by atoms with E-state index in [2.05, 4.69) is 4.74 Å². The molecule has 0 bridgehead atoms. The van der Waals surface area contributed by atoms with Crippen LogP contribution in [0, 0.1) is 0 Å². The lowest BCUT2D eigenvalue weighted by Gasteiger charge is -2.12. The van der Waals surface area contributed by atoms with Gasteiger partial charge < -0.3 is 9.47 Å². The molecule has 7 heteroatoms. The summed E-state index contributed by atoms with van der Waals surface area (Å²) in [7, 11) is 0. The van der Waals surface area contributed by atoms with E-state index in [0.29, 0.717) is 10.4 Å². The van der Waals surface area contributed by atoms with Crippen molar-refractivity contribution in [1.82, 2.24) is 0 Å². The standard InChI is InChI=1S/C20H14F2O4S/c21-20(22)26-16-9-4-1-6-13(16)12-25-19(24)15-8-3-2-7-14(15)18(23)17-10-5-11-27-17/h1-11,20H,12H2. The first-order chi connectivity index (χ1) is 13.1. The van der Waals surface area contributed by atoms with Crippen molar-refractivity contribution in [2.24, 2.45) is 0 Å². The van der Waals surface area contributed by atoms with E-state index in [1.54, 1.807) is 41.8 Å². The molecule has 27 heavy (non-hydrogen) atoms. The summed E-state index contributed by atoms with van der Waals surface area (Å²) >= 11 is 1.27. The number of hydrogen-bond donors (Lipinski definition) is 0. The van der Waals surface area contributed by atoms with Crippen LogP contribution in [0.4, 0.5) is 8.78 Å². The molecule has 0 saturated heterocycles. The third-order valence-electron chi connectivity index (χ3n) is 3.68. The average Bonchev–Trinajstić information content (AvgIpc) is 3.21. The van der Waals surface area contributed by atoms with Crippen LogP contribution in [0.25, 0.3) is 0 Å². The number of carbonyl (C=O) groups excluding carboxylic acids is 2. The van der Waals surface area contributed by atoms with Gasteiger partial charge in [0.15, 0.2) is 0 Å². The fourth-order valence-corrected chi connectivity index (χ4v) is 3.13. The molecule has 2 aromatic carbocycles. The van der Waals surface area contributed by atoms with E-state index in [1.807, 2.05) is 0 Å². The van der Waals surface area contributed by atoms with Gasteiger partial charge in [-0.15, -0.1) is 11.3 Å². The van der Waals surface area contributed by atoms with Crippen LogP contribution < -0.4 is 4.74 Å². The molecule has 3 aromatic rings. The number of ketones is 1. The van der Waals surface area contributed by atoms with Gasteiger partial charge in [-0.1, -0.05) is 42.5 Å². The first kappa shape index (κ1) is 18.7. The summed E-state index contributed by atoms with van der Waals surface area (Å²) in [4.78, 5) is 25.6. The van der Waals surface area contributed by atoms with Gasteiger partial charge in [-0.2, -0.15) is 8.78 Å². The highest BCUT2D eigenvalue weighted by atomic mass is 32.1. The van der Waals surface area contributed by atoms with E-state index in [1.165, 1.54) is 35.6 Å². The van der Waals surface area contributed by atoms with E-state index in [4.69, 9.17) is 4.74 Å². The lowest BCUT2D eigenvalue weighted by Crippen LogP contribution is -2.13. The number of hydrogen-bond acceptors (Lipinski definition) is 5. The Morgan fingerprint density at radius 2 is 1.63 bits per heavy atom. The van der Waals surface area contributed by atoms with Crippen molar-refractivity contribution in [2.75, 3.05) is 0 Å². The van der Waals surface area contributed by atoms with Crippen LogP contribution in [-0.2, 0) is 11.3 Å². The van der Waals surface area contributed by atoms with Crippen LogP contribution in [0.2, 0.25) is 0 Å². The summed E-state index contributed by atoms with van der Waals surface area (Å²) in [6, 6.07) is 15.8. The van der Waals surface area contributed by atoms with Crippen molar-refractivity contribution in [1.29, 1.82) is 0 Å². The SMILES string of the molecule is O=C(OCc1ccccc1OC(F)F)c1ccccc1C(=O)c1cccs1. The molecule has 138 valence electrons. The number of halogens is 2. The molecule has 1 aromatic heterocycles. The van der Waals surface area contributed by atoms with Crippen LogP contribution >= 0.6 is 11.3 Å². The van der Waals surface area contributed by atoms with Gasteiger partial charge in [0.25, 0.3) is 0 Å². The number of alkyl halides is 2. The molecule has 3 rings (SSSR count). The van der Waals surface area contributed by atoms with Gasteiger partial charge in [0.1, 0.15) is 12.4 Å². The van der Waals surface area contributed by atoms with Gasteiger partial charge in [0.2, 0.25) is 5.78 Å². The third-order valence-corrected chi connectivity index (χ3v) is 4.55. The van der Waals surface area contributed by atoms with Crippen LogP contribution in [0.1, 0.15) is 31.2 Å². The molecule has 0 amide bonds. The zero-order chi connectivity index (χ0) is 19.2. The Balaban J connectivity index is 1.77. The van der Waals surface area contributed by atoms with Crippen LogP contribution in [0.5, 0.6) is 5.75 Å². The van der Waals surface area contributed by atoms with Crippen LogP contribution in [0.3, 0.4) is 0 Å². The highest BCUT2D eigenvalue weighted by Crippen LogP contribution is 2.23. The number of rotatable bonds is 7. The molecule has 0 atom stereocenters. The van der Waals surface area contributed by atoms with Crippen molar-refractivity contribution in [3.63, 3.8) is 0 Å². The molecule has 0 radical (unpaired) electrons. The number of thiophene rings is 1. The van der Waals surface area contributed by atoms with Gasteiger partial charge in [-0.25, -0.2) is 4.79 Å². The summed E-state index contributed by atoms with van der Waals surface area (Å²) in [6.45, 7) is -3.24. The largest absolute Gasteiger partial charge is 0.457 e. The van der Waals surface area contributed by atoms with E-state index in [9.17, 15) is 18.4 Å². The Bertz CT molecular complexity index is 939. The molecule has 0 aliphatic heterocycles. The third kappa shape index (κ3) is 4.57. The molecule has 0 fully saturated rings. The zero-order valence-electron chi connectivity index (χ0n) is 13.9. The normalized spacial score (nSPS) is 10.6. The highest BCUT2D eigenvalue weighted by Gasteiger charge is 2.20.